The van der Waals surface area contributed by atoms with Gasteiger partial charge in [-0.15, -0.1) is 0 Å². The summed E-state index contributed by atoms with van der Waals surface area (Å²) in [5.41, 5.74) is 0.106. The molecule has 0 aliphatic carbocycles. The molecule has 1 aliphatic heterocycles. The van der Waals surface area contributed by atoms with Gasteiger partial charge in [0.1, 0.15) is 0 Å². The molecule has 64 valence electrons. The minimum absolute atomic E-state index is 0.106. The van der Waals surface area contributed by atoms with E-state index in [0.717, 1.165) is 6.20 Å². The Hall–Kier alpha value is -1.44. The van der Waals surface area contributed by atoms with Crippen LogP contribution in [0.3, 0.4) is 0 Å². The fraction of sp³-hybridized carbons (Fsp3) is 0.286. The molecule has 1 rings (SSSR count). The Morgan fingerprint density at radius 1 is 1.50 bits per heavy atom. The lowest BCUT2D eigenvalue weighted by molar-refractivity contribution is -0.224. The Kier molecular flexibility index (Phi) is 2.09. The van der Waals surface area contributed by atoms with Gasteiger partial charge in [-0.25, -0.2) is 0 Å². The van der Waals surface area contributed by atoms with Crippen molar-refractivity contribution in [1.82, 2.24) is 4.90 Å². The van der Waals surface area contributed by atoms with Crippen LogP contribution in [-0.4, -0.2) is 17.7 Å². The van der Waals surface area contributed by atoms with E-state index < -0.39 is 12.8 Å². The quantitative estimate of drug-likeness (QED) is 0.523. The van der Waals surface area contributed by atoms with Gasteiger partial charge in [0.05, 0.1) is 12.6 Å². The summed E-state index contributed by atoms with van der Waals surface area (Å²) in [4.78, 5) is 0.158. The van der Waals surface area contributed by atoms with Gasteiger partial charge in [-0.2, -0.15) is 18.4 Å². The molecule has 5 heteroatoms. The van der Waals surface area contributed by atoms with Gasteiger partial charge in [0.25, 0.3) is 0 Å². The number of nitrogens with zero attached hydrogens (tertiary/aromatic N) is 2. The Morgan fingerprint density at radius 2 is 2.17 bits per heavy atom. The van der Waals surface area contributed by atoms with Gasteiger partial charge in [0.15, 0.2) is 0 Å². The first-order chi connectivity index (χ1) is 5.54. The molecule has 1 heterocycles. The molecule has 0 amide bonds. The predicted octanol–water partition coefficient (Wildman–Crippen LogP) is 1.79. The summed E-state index contributed by atoms with van der Waals surface area (Å²) in [5, 5.41) is 8.33. The number of hydrogen-bond acceptors (Lipinski definition) is 2. The highest BCUT2D eigenvalue weighted by atomic mass is 19.4. The van der Waals surface area contributed by atoms with Crippen molar-refractivity contribution in [1.29, 1.82) is 5.26 Å². The van der Waals surface area contributed by atoms with Crippen molar-refractivity contribution in [2.75, 3.05) is 6.54 Å². The molecule has 0 aromatic rings. The largest absolute Gasteiger partial charge is 0.484 e. The minimum Gasteiger partial charge on any atom is -0.286 e. The van der Waals surface area contributed by atoms with Crippen molar-refractivity contribution in [3.8, 4) is 6.07 Å². The van der Waals surface area contributed by atoms with E-state index >= 15 is 0 Å². The van der Waals surface area contributed by atoms with Crippen LogP contribution in [0.4, 0.5) is 13.2 Å². The van der Waals surface area contributed by atoms with Crippen molar-refractivity contribution < 1.29 is 13.2 Å². The van der Waals surface area contributed by atoms with E-state index in [4.69, 9.17) is 5.26 Å². The second-order valence-electron chi connectivity index (χ2n) is 2.24. The molecule has 2 nitrogen and oxygen atoms in total. The first kappa shape index (κ1) is 8.65. The van der Waals surface area contributed by atoms with Crippen LogP contribution in [0.1, 0.15) is 0 Å². The molecule has 0 fully saturated rings. The number of alkyl halides is 3. The Bertz CT molecular complexity index is 269. The normalized spacial score (nSPS) is 17.2. The molecule has 0 saturated heterocycles. The van der Waals surface area contributed by atoms with Gasteiger partial charge in [-0.05, 0) is 12.2 Å². The van der Waals surface area contributed by atoms with Crippen molar-refractivity contribution in [3.63, 3.8) is 0 Å². The monoisotopic (exact) mass is 174 g/mol. The molecule has 0 bridgehead atoms. The average molecular weight is 174 g/mol. The maximum Gasteiger partial charge on any atom is 0.484 e. The van der Waals surface area contributed by atoms with Gasteiger partial charge >= 0.3 is 6.30 Å². The van der Waals surface area contributed by atoms with Gasteiger partial charge in [-0.3, -0.25) is 4.90 Å². The van der Waals surface area contributed by atoms with E-state index in [1.54, 1.807) is 6.07 Å². The predicted molar refractivity (Wildman–Crippen MR) is 35.6 cm³/mol. The third kappa shape index (κ3) is 1.78. The summed E-state index contributed by atoms with van der Waals surface area (Å²) in [6, 6.07) is 1.67. The van der Waals surface area contributed by atoms with E-state index in [1.165, 1.54) is 12.2 Å². The van der Waals surface area contributed by atoms with Crippen LogP contribution in [0, 0.1) is 11.3 Å². The maximum absolute atomic E-state index is 12.0. The lowest BCUT2D eigenvalue weighted by Crippen LogP contribution is -2.35. The Labute approximate surface area is 67.2 Å². The van der Waals surface area contributed by atoms with Crippen molar-refractivity contribution in [3.05, 3.63) is 23.9 Å². The molecule has 12 heavy (non-hydrogen) atoms. The smallest absolute Gasteiger partial charge is 0.286 e. The molecule has 1 aliphatic rings. The number of rotatable bonds is 0. The van der Waals surface area contributed by atoms with E-state index in [-0.39, 0.29) is 10.5 Å². The highest BCUT2D eigenvalue weighted by Gasteiger charge is 2.35. The number of halogens is 3. The first-order valence-corrected chi connectivity index (χ1v) is 3.15. The van der Waals surface area contributed by atoms with Crippen LogP contribution in [0.2, 0.25) is 0 Å². The summed E-state index contributed by atoms with van der Waals surface area (Å²) in [6.45, 7) is -0.392. The standard InChI is InChI=1S/C7H5F3N2/c8-7(9,10)12-3-1-2-6(4-11)5-12/h1-3H,5H2. The molecular weight excluding hydrogens is 169 g/mol. The van der Waals surface area contributed by atoms with E-state index in [2.05, 4.69) is 0 Å². The van der Waals surface area contributed by atoms with Crippen molar-refractivity contribution in [2.24, 2.45) is 0 Å². The second kappa shape index (κ2) is 2.89. The van der Waals surface area contributed by atoms with Crippen LogP contribution in [0.5, 0.6) is 0 Å². The van der Waals surface area contributed by atoms with Crippen molar-refractivity contribution >= 4 is 0 Å². The molecule has 0 unspecified atom stereocenters. The topological polar surface area (TPSA) is 27.0 Å². The summed E-state index contributed by atoms with van der Waals surface area (Å²) in [7, 11) is 0. The molecule has 0 aromatic heterocycles. The van der Waals surface area contributed by atoms with Crippen molar-refractivity contribution in [2.45, 2.75) is 6.30 Å². The third-order valence-corrected chi connectivity index (χ3v) is 1.37. The molecular formula is C7H5F3N2. The lowest BCUT2D eigenvalue weighted by atomic mass is 10.2. The number of nitriles is 1. The maximum atomic E-state index is 12.0. The van der Waals surface area contributed by atoms with Gasteiger partial charge in [0, 0.05) is 11.8 Å². The lowest BCUT2D eigenvalue weighted by Gasteiger charge is -2.24. The van der Waals surface area contributed by atoms with E-state index in [0.29, 0.717) is 0 Å². The third-order valence-electron chi connectivity index (χ3n) is 1.37. The second-order valence-corrected chi connectivity index (χ2v) is 2.24. The van der Waals surface area contributed by atoms with Gasteiger partial charge < -0.3 is 0 Å². The molecule has 0 spiro atoms. The fourth-order valence-electron chi connectivity index (χ4n) is 0.799. The zero-order valence-corrected chi connectivity index (χ0v) is 5.97. The Balaban J connectivity index is 2.74. The van der Waals surface area contributed by atoms with E-state index in [9.17, 15) is 13.2 Å². The van der Waals surface area contributed by atoms with Crippen LogP contribution >= 0.6 is 0 Å². The summed E-state index contributed by atoms with van der Waals surface area (Å²) < 4.78 is 36.0. The van der Waals surface area contributed by atoms with E-state index in [1.807, 2.05) is 0 Å². The summed E-state index contributed by atoms with van der Waals surface area (Å²) in [5.74, 6) is 0. The highest BCUT2D eigenvalue weighted by Crippen LogP contribution is 2.24. The number of allylic oxidation sites excluding steroid dienone is 2. The van der Waals surface area contributed by atoms with Crippen LogP contribution < -0.4 is 0 Å². The SMILES string of the molecule is N#CC1=CC=CN(C(F)(F)F)C1. The molecule has 0 saturated carbocycles. The average Bonchev–Trinajstić information content (AvgIpc) is 2.03. The van der Waals surface area contributed by atoms with Crippen LogP contribution in [0.15, 0.2) is 23.9 Å². The number of hydrogen-bond donors (Lipinski definition) is 0. The van der Waals surface area contributed by atoms with Crippen LogP contribution in [-0.2, 0) is 0 Å². The molecule has 0 N–H and O–H groups in total. The van der Waals surface area contributed by atoms with Gasteiger partial charge in [-0.1, -0.05) is 0 Å². The van der Waals surface area contributed by atoms with Crippen LogP contribution in [0.25, 0.3) is 0 Å². The first-order valence-electron chi connectivity index (χ1n) is 3.15. The van der Waals surface area contributed by atoms with Gasteiger partial charge in [0.2, 0.25) is 0 Å². The summed E-state index contributed by atoms with van der Waals surface area (Å²) in [6.07, 6.45) is -0.925. The molecule has 0 radical (unpaired) electrons. The highest BCUT2D eigenvalue weighted by molar-refractivity contribution is 5.30. The molecule has 0 atom stereocenters. The fourth-order valence-corrected chi connectivity index (χ4v) is 0.799. The molecule has 0 aromatic carbocycles. The zero-order chi connectivity index (χ0) is 9.19. The summed E-state index contributed by atoms with van der Waals surface area (Å²) >= 11 is 0. The zero-order valence-electron chi connectivity index (χ0n) is 5.97. The Morgan fingerprint density at radius 3 is 2.67 bits per heavy atom. The minimum atomic E-state index is -4.40.